The van der Waals surface area contributed by atoms with Crippen molar-refractivity contribution in [3.63, 3.8) is 0 Å². The predicted molar refractivity (Wildman–Crippen MR) is 21.0 cm³/mol. The van der Waals surface area contributed by atoms with Crippen LogP contribution in [-0.4, -0.2) is 5.88 Å². The van der Waals surface area contributed by atoms with Crippen molar-refractivity contribution in [2.24, 2.45) is 0 Å². The fourth-order valence-electron chi connectivity index (χ4n) is 0. The fraction of sp³-hybridized carbons (Fsp3) is 1.00. The van der Waals surface area contributed by atoms with Gasteiger partial charge in [-0.1, -0.05) is 6.92 Å². The van der Waals surface area contributed by atoms with Gasteiger partial charge in [0.25, 0.3) is 0 Å². The molecule has 0 spiro atoms. The van der Waals surface area contributed by atoms with Crippen LogP contribution in [0.1, 0.15) is 13.3 Å². The van der Waals surface area contributed by atoms with Crippen LogP contribution in [0.25, 0.3) is 0 Å². The van der Waals surface area contributed by atoms with Crippen LogP contribution in [0.3, 0.4) is 0 Å². The maximum atomic E-state index is 5.19. The molecular weight excluding hydrogens is 119 g/mol. The molecule has 0 fully saturated rings. The van der Waals surface area contributed by atoms with Crippen molar-refractivity contribution in [3.8, 4) is 0 Å². The summed E-state index contributed by atoms with van der Waals surface area (Å²) in [5.41, 5.74) is 0. The Labute approximate surface area is 52.8 Å². The minimum Gasteiger partial charge on any atom is -0.127 e. The third-order valence-electron chi connectivity index (χ3n) is 0.189. The molecule has 0 aliphatic rings. The number of hydrogen-bond acceptors (Lipinski definition) is 0. The number of hydrogen-bond donors (Lipinski definition) is 0. The van der Waals surface area contributed by atoms with E-state index in [-0.39, 0.29) is 21.7 Å². The van der Waals surface area contributed by atoms with Gasteiger partial charge in [0, 0.05) is 27.6 Å². The molecule has 0 radical (unpaired) electrons. The van der Waals surface area contributed by atoms with Gasteiger partial charge in [-0.25, -0.2) is 0 Å². The second kappa shape index (κ2) is 8.89. The van der Waals surface area contributed by atoms with Crippen LogP contribution in [0.5, 0.6) is 0 Å². The topological polar surface area (TPSA) is 0 Å². The van der Waals surface area contributed by atoms with Gasteiger partial charge in [0.1, 0.15) is 0 Å². The second-order valence-electron chi connectivity index (χ2n) is 0.689. The van der Waals surface area contributed by atoms with Gasteiger partial charge in [0.05, 0.1) is 0 Å². The average Bonchev–Trinajstić information content (AvgIpc) is 1.37. The molecule has 0 bridgehead atoms. The summed E-state index contributed by atoms with van der Waals surface area (Å²) in [6.07, 6.45) is 1.08. The van der Waals surface area contributed by atoms with E-state index in [1.54, 1.807) is 0 Å². The molecule has 0 unspecified atom stereocenters. The van der Waals surface area contributed by atoms with Crippen molar-refractivity contribution in [1.29, 1.82) is 0 Å². The minimum atomic E-state index is 0. The molecule has 0 aromatic carbocycles. The van der Waals surface area contributed by atoms with Crippen LogP contribution in [0, 0.1) is 0 Å². The summed E-state index contributed by atoms with van der Waals surface area (Å²) < 4.78 is 0. The molecule has 0 heterocycles. The van der Waals surface area contributed by atoms with Crippen molar-refractivity contribution in [2.75, 3.05) is 5.88 Å². The first kappa shape index (κ1) is 9.38. The minimum absolute atomic E-state index is 0. The Morgan fingerprint density at radius 3 is 1.80 bits per heavy atom. The van der Waals surface area contributed by atoms with Crippen LogP contribution in [0.4, 0.5) is 0 Å². The summed E-state index contributed by atoms with van der Waals surface area (Å²) in [4.78, 5) is 0. The first-order chi connectivity index (χ1) is 1.91. The van der Waals surface area contributed by atoms with E-state index in [0.717, 1.165) is 12.3 Å². The molecule has 0 aliphatic heterocycles. The molecule has 0 N–H and O–H groups in total. The van der Waals surface area contributed by atoms with Crippen LogP contribution in [0.15, 0.2) is 0 Å². The number of halogens is 1. The van der Waals surface area contributed by atoms with Crippen molar-refractivity contribution in [2.45, 2.75) is 13.3 Å². The SMILES string of the molecule is CCCCl.[Ti]. The molecule has 0 aromatic rings. The largest absolute Gasteiger partial charge is 0.127 e. The van der Waals surface area contributed by atoms with Gasteiger partial charge < -0.3 is 0 Å². The predicted octanol–water partition coefficient (Wildman–Crippen LogP) is 1.63. The van der Waals surface area contributed by atoms with Crippen molar-refractivity contribution in [3.05, 3.63) is 0 Å². The standard InChI is InChI=1S/C3H7Cl.Ti/c1-2-3-4;/h2-3H2,1H3;. The molecule has 0 rings (SSSR count). The normalized spacial score (nSPS) is 6.00. The molecule has 0 nitrogen and oxygen atoms in total. The van der Waals surface area contributed by atoms with Gasteiger partial charge in [-0.2, -0.15) is 0 Å². The molecule has 0 atom stereocenters. The molecule has 30 valence electrons. The monoisotopic (exact) mass is 126 g/mol. The fourth-order valence-corrected chi connectivity index (χ4v) is 0. The number of rotatable bonds is 1. The molecule has 0 saturated heterocycles. The van der Waals surface area contributed by atoms with Gasteiger partial charge in [-0.15, -0.1) is 11.6 Å². The number of alkyl halides is 1. The molecule has 0 aromatic heterocycles. The smallest absolute Gasteiger partial charge is 0.0220 e. The van der Waals surface area contributed by atoms with Crippen molar-refractivity contribution >= 4 is 11.6 Å². The second-order valence-corrected chi connectivity index (χ2v) is 1.07. The Morgan fingerprint density at radius 1 is 1.60 bits per heavy atom. The zero-order valence-corrected chi connectivity index (χ0v) is 5.61. The third-order valence-corrected chi connectivity index (χ3v) is 0.567. The molecule has 2 heteroatoms. The van der Waals surface area contributed by atoms with Gasteiger partial charge in [0.2, 0.25) is 0 Å². The van der Waals surface area contributed by atoms with E-state index in [1.165, 1.54) is 0 Å². The van der Waals surface area contributed by atoms with Gasteiger partial charge >= 0.3 is 0 Å². The van der Waals surface area contributed by atoms with E-state index in [1.807, 2.05) is 6.92 Å². The van der Waals surface area contributed by atoms with Crippen LogP contribution in [0.2, 0.25) is 0 Å². The Morgan fingerprint density at radius 2 is 1.80 bits per heavy atom. The van der Waals surface area contributed by atoms with Crippen molar-refractivity contribution in [1.82, 2.24) is 0 Å². The quantitative estimate of drug-likeness (QED) is 0.370. The van der Waals surface area contributed by atoms with E-state index < -0.39 is 0 Å². The molecular formula is C3H7ClTi. The summed E-state index contributed by atoms with van der Waals surface area (Å²) >= 11 is 5.19. The molecule has 0 saturated carbocycles. The van der Waals surface area contributed by atoms with Gasteiger partial charge in [0.15, 0.2) is 0 Å². The first-order valence-corrected chi connectivity index (χ1v) is 2.01. The van der Waals surface area contributed by atoms with Gasteiger partial charge in [-0.05, 0) is 6.42 Å². The summed E-state index contributed by atoms with van der Waals surface area (Å²) in [5.74, 6) is 0.792. The summed E-state index contributed by atoms with van der Waals surface area (Å²) in [5, 5.41) is 0. The van der Waals surface area contributed by atoms with E-state index >= 15 is 0 Å². The Hall–Kier alpha value is 1.00. The van der Waals surface area contributed by atoms with Crippen LogP contribution < -0.4 is 0 Å². The zero-order valence-electron chi connectivity index (χ0n) is 3.29. The maximum Gasteiger partial charge on any atom is 0.0220 e. The average molecular weight is 126 g/mol. The Balaban J connectivity index is 0. The molecule has 5 heavy (non-hydrogen) atoms. The van der Waals surface area contributed by atoms with Crippen LogP contribution in [-0.2, 0) is 21.7 Å². The third kappa shape index (κ3) is 11.2. The van der Waals surface area contributed by atoms with E-state index in [0.29, 0.717) is 0 Å². The van der Waals surface area contributed by atoms with E-state index in [2.05, 4.69) is 0 Å². The molecule has 0 amide bonds. The Bertz CT molecular complexity index is 8.85. The first-order valence-electron chi connectivity index (χ1n) is 1.47. The van der Waals surface area contributed by atoms with Crippen LogP contribution >= 0.6 is 11.6 Å². The zero-order chi connectivity index (χ0) is 3.41. The maximum absolute atomic E-state index is 5.19. The molecule has 0 aliphatic carbocycles. The van der Waals surface area contributed by atoms with Crippen molar-refractivity contribution < 1.29 is 21.7 Å². The van der Waals surface area contributed by atoms with Gasteiger partial charge in [-0.3, -0.25) is 0 Å². The summed E-state index contributed by atoms with van der Waals surface area (Å²) in [7, 11) is 0. The summed E-state index contributed by atoms with van der Waals surface area (Å²) in [6.45, 7) is 2.05. The van der Waals surface area contributed by atoms with E-state index in [4.69, 9.17) is 11.6 Å². The van der Waals surface area contributed by atoms with E-state index in [9.17, 15) is 0 Å². The Kier molecular flexibility index (Phi) is 16.7. The summed E-state index contributed by atoms with van der Waals surface area (Å²) in [6, 6.07) is 0.